The van der Waals surface area contributed by atoms with Crippen LogP contribution in [0.3, 0.4) is 0 Å². The average Bonchev–Trinajstić information content (AvgIpc) is 3.19. The van der Waals surface area contributed by atoms with Crippen molar-refractivity contribution in [1.82, 2.24) is 0 Å². The fourth-order valence-electron chi connectivity index (χ4n) is 5.53. The molecule has 0 saturated carbocycles. The summed E-state index contributed by atoms with van der Waals surface area (Å²) in [6, 6.07) is 25.4. The van der Waals surface area contributed by atoms with Gasteiger partial charge in [-0.3, -0.25) is 4.79 Å². The standard InChI is InChI=1S/C31H35NO4/c1-29(2,23-11-7-5-8-12-23)20-31(35,21-30(3,4)24-13-9-6-10-14-24)18-27(33)32-25-15-16-26-22(17-25)19-36-28(26)34/h5-17,35H,18-21H2,1-4H3,(H,32,33). The van der Waals surface area contributed by atoms with Crippen molar-refractivity contribution in [3.05, 3.63) is 101 Å². The number of amides is 1. The maximum absolute atomic E-state index is 13.3. The fraction of sp³-hybridized carbons (Fsp3) is 0.355. The third-order valence-corrected chi connectivity index (χ3v) is 7.11. The summed E-state index contributed by atoms with van der Waals surface area (Å²) in [5, 5.41) is 15.0. The van der Waals surface area contributed by atoms with Crippen LogP contribution in [0.4, 0.5) is 5.69 Å². The first-order valence-corrected chi connectivity index (χ1v) is 12.4. The van der Waals surface area contributed by atoms with E-state index in [-0.39, 0.29) is 35.7 Å². The van der Waals surface area contributed by atoms with Crippen molar-refractivity contribution in [3.8, 4) is 0 Å². The smallest absolute Gasteiger partial charge is 0.338 e. The molecule has 0 aromatic heterocycles. The molecule has 0 unspecified atom stereocenters. The lowest BCUT2D eigenvalue weighted by Gasteiger charge is -2.41. The Morgan fingerprint density at radius 2 is 1.39 bits per heavy atom. The summed E-state index contributed by atoms with van der Waals surface area (Å²) in [4.78, 5) is 25.0. The Labute approximate surface area is 213 Å². The Hall–Kier alpha value is -3.44. The number of nitrogens with one attached hydrogen (secondary N) is 1. The van der Waals surface area contributed by atoms with E-state index in [1.807, 2.05) is 36.4 Å². The maximum Gasteiger partial charge on any atom is 0.338 e. The number of hydrogen-bond acceptors (Lipinski definition) is 4. The lowest BCUT2D eigenvalue weighted by Crippen LogP contribution is -2.44. The number of ether oxygens (including phenoxy) is 1. The topological polar surface area (TPSA) is 75.6 Å². The third-order valence-electron chi connectivity index (χ3n) is 7.11. The van der Waals surface area contributed by atoms with Crippen molar-refractivity contribution < 1.29 is 19.4 Å². The van der Waals surface area contributed by atoms with Gasteiger partial charge in [0, 0.05) is 11.3 Å². The summed E-state index contributed by atoms with van der Waals surface area (Å²) in [6.07, 6.45) is 0.784. The molecule has 0 atom stereocenters. The van der Waals surface area contributed by atoms with Crippen molar-refractivity contribution in [2.75, 3.05) is 5.32 Å². The summed E-state index contributed by atoms with van der Waals surface area (Å²) < 4.78 is 5.07. The zero-order chi connectivity index (χ0) is 26.0. The number of cyclic esters (lactones) is 1. The number of rotatable bonds is 9. The largest absolute Gasteiger partial charge is 0.457 e. The van der Waals surface area contributed by atoms with Gasteiger partial charge in [-0.05, 0) is 53.0 Å². The van der Waals surface area contributed by atoms with Crippen LogP contribution in [0.1, 0.15) is 74.0 Å². The van der Waals surface area contributed by atoms with Crippen molar-refractivity contribution >= 4 is 17.6 Å². The van der Waals surface area contributed by atoms with Gasteiger partial charge in [0.05, 0.1) is 17.6 Å². The SMILES string of the molecule is CC(C)(CC(O)(CC(=O)Nc1ccc2c(c1)COC2=O)CC(C)(C)c1ccccc1)c1ccccc1. The second-order valence-electron chi connectivity index (χ2n) is 11.3. The summed E-state index contributed by atoms with van der Waals surface area (Å²) in [5.74, 6) is -0.612. The molecule has 0 fully saturated rings. The lowest BCUT2D eigenvalue weighted by molar-refractivity contribution is -0.123. The molecule has 0 spiro atoms. The molecule has 1 aliphatic rings. The highest BCUT2D eigenvalue weighted by Gasteiger charge is 2.42. The molecular formula is C31H35NO4. The Morgan fingerprint density at radius 3 is 1.92 bits per heavy atom. The first-order chi connectivity index (χ1) is 17.0. The number of benzene rings is 3. The van der Waals surface area contributed by atoms with Gasteiger partial charge in [0.2, 0.25) is 5.91 Å². The van der Waals surface area contributed by atoms with Gasteiger partial charge in [0.1, 0.15) is 6.61 Å². The molecule has 1 aliphatic heterocycles. The van der Waals surface area contributed by atoms with E-state index >= 15 is 0 Å². The Morgan fingerprint density at radius 1 is 0.861 bits per heavy atom. The van der Waals surface area contributed by atoms with Crippen LogP contribution < -0.4 is 5.32 Å². The third kappa shape index (κ3) is 5.85. The summed E-state index contributed by atoms with van der Waals surface area (Å²) in [6.45, 7) is 8.64. The molecule has 5 nitrogen and oxygen atoms in total. The van der Waals surface area contributed by atoms with Gasteiger partial charge in [-0.1, -0.05) is 88.4 Å². The Bertz CT molecular complexity index is 1180. The van der Waals surface area contributed by atoms with Crippen molar-refractivity contribution in [3.63, 3.8) is 0 Å². The van der Waals surface area contributed by atoms with Gasteiger partial charge in [0.15, 0.2) is 0 Å². The van der Waals surface area contributed by atoms with E-state index in [0.717, 1.165) is 16.7 Å². The molecule has 3 aromatic rings. The fourth-order valence-corrected chi connectivity index (χ4v) is 5.53. The number of carbonyl (C=O) groups is 2. The van der Waals surface area contributed by atoms with E-state index < -0.39 is 5.60 Å². The zero-order valence-electron chi connectivity index (χ0n) is 21.5. The molecular weight excluding hydrogens is 450 g/mol. The van der Waals surface area contributed by atoms with Crippen LogP contribution >= 0.6 is 0 Å². The van der Waals surface area contributed by atoms with E-state index in [9.17, 15) is 14.7 Å². The highest BCUT2D eigenvalue weighted by molar-refractivity contribution is 5.96. The highest BCUT2D eigenvalue weighted by Crippen LogP contribution is 2.41. The molecule has 36 heavy (non-hydrogen) atoms. The molecule has 0 aliphatic carbocycles. The van der Waals surface area contributed by atoms with Crippen LogP contribution in [0.15, 0.2) is 78.9 Å². The number of esters is 1. The molecule has 4 rings (SSSR count). The van der Waals surface area contributed by atoms with Crippen LogP contribution in [0.25, 0.3) is 0 Å². The quantitative estimate of drug-likeness (QED) is 0.356. The maximum atomic E-state index is 13.3. The number of hydrogen-bond donors (Lipinski definition) is 2. The molecule has 3 aromatic carbocycles. The van der Waals surface area contributed by atoms with Gasteiger partial charge < -0.3 is 15.2 Å². The van der Waals surface area contributed by atoms with Crippen molar-refractivity contribution in [2.24, 2.45) is 0 Å². The highest BCUT2D eigenvalue weighted by atomic mass is 16.5. The molecule has 0 bridgehead atoms. The Balaban J connectivity index is 1.58. The number of carbonyl (C=O) groups excluding carboxylic acids is 2. The van der Waals surface area contributed by atoms with Crippen LogP contribution in [0.5, 0.6) is 0 Å². The molecule has 1 heterocycles. The zero-order valence-corrected chi connectivity index (χ0v) is 21.5. The minimum Gasteiger partial charge on any atom is -0.457 e. The molecule has 0 radical (unpaired) electrons. The minimum atomic E-state index is -1.27. The van der Waals surface area contributed by atoms with Crippen LogP contribution in [-0.2, 0) is 27.0 Å². The molecule has 2 N–H and O–H groups in total. The van der Waals surface area contributed by atoms with E-state index in [1.165, 1.54) is 0 Å². The lowest BCUT2D eigenvalue weighted by atomic mass is 9.67. The summed E-state index contributed by atoms with van der Waals surface area (Å²) >= 11 is 0. The summed E-state index contributed by atoms with van der Waals surface area (Å²) in [7, 11) is 0. The normalized spacial score (nSPS) is 13.8. The van der Waals surface area contributed by atoms with E-state index in [0.29, 0.717) is 24.1 Å². The molecule has 5 heteroatoms. The van der Waals surface area contributed by atoms with E-state index in [1.54, 1.807) is 18.2 Å². The monoisotopic (exact) mass is 485 g/mol. The van der Waals surface area contributed by atoms with E-state index in [4.69, 9.17) is 4.74 Å². The first kappa shape index (κ1) is 25.6. The predicted molar refractivity (Wildman–Crippen MR) is 142 cm³/mol. The van der Waals surface area contributed by atoms with Gasteiger partial charge >= 0.3 is 5.97 Å². The number of anilines is 1. The van der Waals surface area contributed by atoms with Gasteiger partial charge in [-0.25, -0.2) is 4.79 Å². The van der Waals surface area contributed by atoms with Gasteiger partial charge in [-0.15, -0.1) is 0 Å². The van der Waals surface area contributed by atoms with Crippen LogP contribution in [0, 0.1) is 0 Å². The minimum absolute atomic E-state index is 0.0496. The van der Waals surface area contributed by atoms with Crippen molar-refractivity contribution in [1.29, 1.82) is 0 Å². The molecule has 0 saturated heterocycles. The van der Waals surface area contributed by atoms with Crippen LogP contribution in [-0.4, -0.2) is 22.6 Å². The first-order valence-electron chi connectivity index (χ1n) is 12.4. The predicted octanol–water partition coefficient (Wildman–Crippen LogP) is 6.15. The summed E-state index contributed by atoms with van der Waals surface area (Å²) in [5.41, 5.74) is 2.13. The second-order valence-corrected chi connectivity index (χ2v) is 11.3. The average molecular weight is 486 g/mol. The number of aliphatic hydroxyl groups is 1. The second kappa shape index (κ2) is 9.90. The van der Waals surface area contributed by atoms with Gasteiger partial charge in [-0.2, -0.15) is 0 Å². The van der Waals surface area contributed by atoms with Crippen LogP contribution in [0.2, 0.25) is 0 Å². The molecule has 1 amide bonds. The molecule has 188 valence electrons. The number of fused-ring (bicyclic) bond motifs is 1. The Kier molecular flexibility index (Phi) is 7.05. The van der Waals surface area contributed by atoms with Crippen molar-refractivity contribution in [2.45, 2.75) is 70.0 Å². The van der Waals surface area contributed by atoms with E-state index in [2.05, 4.69) is 57.3 Å². The van der Waals surface area contributed by atoms with Gasteiger partial charge in [0.25, 0.3) is 0 Å².